The van der Waals surface area contributed by atoms with E-state index in [1.54, 1.807) is 25.1 Å². The zero-order chi connectivity index (χ0) is 15.4. The Bertz CT molecular complexity index is 652. The number of nitrogen functional groups attached to an aromatic ring is 1. The third-order valence-corrected chi connectivity index (χ3v) is 3.20. The number of H-pyrrole nitrogens is 1. The molecule has 0 saturated heterocycles. The molecule has 0 aliphatic rings. The number of benzene rings is 1. The lowest BCUT2D eigenvalue weighted by Crippen LogP contribution is -2.42. The van der Waals surface area contributed by atoms with Crippen molar-refractivity contribution in [3.8, 4) is 0 Å². The largest absolute Gasteiger partial charge is 0.480 e. The van der Waals surface area contributed by atoms with Crippen LogP contribution in [0.1, 0.15) is 21.6 Å². The minimum Gasteiger partial charge on any atom is -0.480 e. The number of carbonyl (C=O) groups excluding carboxylic acids is 1. The summed E-state index contributed by atoms with van der Waals surface area (Å²) in [6, 6.07) is 3.91. The molecule has 0 bridgehead atoms. The topological polar surface area (TPSA) is 121 Å². The molecule has 7 nitrogen and oxygen atoms in total. The number of carboxylic acids is 1. The molecular weight excluding hydrogens is 272 g/mol. The molecule has 2 rings (SSSR count). The van der Waals surface area contributed by atoms with Crippen molar-refractivity contribution in [3.05, 3.63) is 47.5 Å². The standard InChI is InChI=1S/C14H16N4O3/c1-8-10(3-2-4-11(8)15)13(19)18-12(14(20)21)5-9-6-16-7-17-9/h2-4,6-7,12H,5,15H2,1H3,(H,16,17)(H,18,19)(H,20,21)/t12-/m0/s1. The van der Waals surface area contributed by atoms with Crippen LogP contribution in [-0.2, 0) is 11.2 Å². The highest BCUT2D eigenvalue weighted by atomic mass is 16.4. The Labute approximate surface area is 121 Å². The van der Waals surface area contributed by atoms with E-state index < -0.39 is 17.9 Å². The van der Waals surface area contributed by atoms with Gasteiger partial charge >= 0.3 is 5.97 Å². The number of nitrogens with zero attached hydrogens (tertiary/aromatic N) is 1. The summed E-state index contributed by atoms with van der Waals surface area (Å²) in [4.78, 5) is 30.1. The van der Waals surface area contributed by atoms with Gasteiger partial charge in [-0.2, -0.15) is 0 Å². The number of nitrogens with one attached hydrogen (secondary N) is 2. The minimum absolute atomic E-state index is 0.127. The summed E-state index contributed by atoms with van der Waals surface area (Å²) >= 11 is 0. The van der Waals surface area contributed by atoms with Gasteiger partial charge in [0, 0.05) is 29.6 Å². The first-order chi connectivity index (χ1) is 9.99. The van der Waals surface area contributed by atoms with E-state index in [1.807, 2.05) is 0 Å². The third-order valence-electron chi connectivity index (χ3n) is 3.20. The van der Waals surface area contributed by atoms with Crippen LogP contribution in [0.25, 0.3) is 0 Å². The molecule has 1 aromatic heterocycles. The molecule has 21 heavy (non-hydrogen) atoms. The van der Waals surface area contributed by atoms with Gasteiger partial charge in [0.05, 0.1) is 6.33 Å². The molecule has 0 spiro atoms. The van der Waals surface area contributed by atoms with E-state index in [2.05, 4.69) is 15.3 Å². The van der Waals surface area contributed by atoms with Crippen LogP contribution in [0.15, 0.2) is 30.7 Å². The summed E-state index contributed by atoms with van der Waals surface area (Å²) < 4.78 is 0. The predicted molar refractivity (Wildman–Crippen MR) is 76.8 cm³/mol. The maximum atomic E-state index is 12.2. The van der Waals surface area contributed by atoms with Gasteiger partial charge in [-0.1, -0.05) is 6.07 Å². The number of hydrogen-bond acceptors (Lipinski definition) is 4. The van der Waals surface area contributed by atoms with E-state index in [1.165, 1.54) is 12.5 Å². The fourth-order valence-electron chi connectivity index (χ4n) is 1.95. The van der Waals surface area contributed by atoms with E-state index in [0.29, 0.717) is 22.5 Å². The Morgan fingerprint density at radius 3 is 2.86 bits per heavy atom. The summed E-state index contributed by atoms with van der Waals surface area (Å²) in [5.41, 5.74) is 7.86. The normalized spacial score (nSPS) is 11.9. The van der Waals surface area contributed by atoms with E-state index in [9.17, 15) is 14.7 Å². The lowest BCUT2D eigenvalue weighted by molar-refractivity contribution is -0.139. The van der Waals surface area contributed by atoms with Gasteiger partial charge in [0.1, 0.15) is 6.04 Å². The van der Waals surface area contributed by atoms with Crippen LogP contribution < -0.4 is 11.1 Å². The SMILES string of the molecule is Cc1c(N)cccc1C(=O)N[C@@H](Cc1cnc[nH]1)C(=O)O. The van der Waals surface area contributed by atoms with Crippen LogP contribution in [0.4, 0.5) is 5.69 Å². The van der Waals surface area contributed by atoms with Crippen molar-refractivity contribution in [1.82, 2.24) is 15.3 Å². The van der Waals surface area contributed by atoms with Crippen LogP contribution in [0.3, 0.4) is 0 Å². The molecule has 0 unspecified atom stereocenters. The number of aromatic amines is 1. The van der Waals surface area contributed by atoms with Crippen molar-refractivity contribution in [3.63, 3.8) is 0 Å². The first-order valence-electron chi connectivity index (χ1n) is 6.35. The average Bonchev–Trinajstić information content (AvgIpc) is 2.93. The van der Waals surface area contributed by atoms with Gasteiger partial charge in [-0.3, -0.25) is 4.79 Å². The number of carboxylic acid groups (broad SMARTS) is 1. The molecule has 7 heteroatoms. The Morgan fingerprint density at radius 2 is 2.24 bits per heavy atom. The first kappa shape index (κ1) is 14.6. The second-order valence-corrected chi connectivity index (χ2v) is 4.67. The fourth-order valence-corrected chi connectivity index (χ4v) is 1.95. The van der Waals surface area contributed by atoms with Crippen LogP contribution >= 0.6 is 0 Å². The number of carbonyl (C=O) groups is 2. The smallest absolute Gasteiger partial charge is 0.326 e. The van der Waals surface area contributed by atoms with E-state index in [0.717, 1.165) is 0 Å². The Balaban J connectivity index is 2.15. The highest BCUT2D eigenvalue weighted by Crippen LogP contribution is 2.15. The summed E-state index contributed by atoms with van der Waals surface area (Å²) in [6.45, 7) is 1.72. The molecule has 2 aromatic rings. The van der Waals surface area contributed by atoms with Gasteiger partial charge in [-0.05, 0) is 24.6 Å². The highest BCUT2D eigenvalue weighted by molar-refractivity contribution is 5.98. The van der Waals surface area contributed by atoms with Gasteiger partial charge < -0.3 is 21.1 Å². The molecule has 110 valence electrons. The van der Waals surface area contributed by atoms with Crippen LogP contribution in [0, 0.1) is 6.92 Å². The number of anilines is 1. The number of amides is 1. The van der Waals surface area contributed by atoms with Crippen LogP contribution in [0.2, 0.25) is 0 Å². The summed E-state index contributed by atoms with van der Waals surface area (Å²) in [7, 11) is 0. The molecule has 0 fully saturated rings. The summed E-state index contributed by atoms with van der Waals surface area (Å²) in [5.74, 6) is -1.58. The minimum atomic E-state index is -1.11. The predicted octanol–water partition coefficient (Wildman–Crippen LogP) is 0.726. The molecule has 0 radical (unpaired) electrons. The number of imidazole rings is 1. The Morgan fingerprint density at radius 1 is 1.48 bits per heavy atom. The number of rotatable bonds is 5. The fraction of sp³-hybridized carbons (Fsp3) is 0.214. The van der Waals surface area contributed by atoms with E-state index in [4.69, 9.17) is 5.73 Å². The monoisotopic (exact) mass is 288 g/mol. The third kappa shape index (κ3) is 3.38. The van der Waals surface area contributed by atoms with Crippen molar-refractivity contribution >= 4 is 17.6 Å². The quantitative estimate of drug-likeness (QED) is 0.604. The first-order valence-corrected chi connectivity index (χ1v) is 6.35. The van der Waals surface area contributed by atoms with Gasteiger partial charge in [0.15, 0.2) is 0 Å². The number of hydrogen-bond donors (Lipinski definition) is 4. The molecule has 0 saturated carbocycles. The summed E-state index contributed by atoms with van der Waals surface area (Å²) in [5, 5.41) is 11.7. The van der Waals surface area contributed by atoms with Gasteiger partial charge in [-0.25, -0.2) is 9.78 Å². The summed E-state index contributed by atoms with van der Waals surface area (Å²) in [6.07, 6.45) is 3.11. The molecule has 1 aromatic carbocycles. The van der Waals surface area contributed by atoms with Crippen molar-refractivity contribution in [2.75, 3.05) is 5.73 Å². The highest BCUT2D eigenvalue weighted by Gasteiger charge is 2.22. The van der Waals surface area contributed by atoms with E-state index in [-0.39, 0.29) is 6.42 Å². The second-order valence-electron chi connectivity index (χ2n) is 4.67. The Hall–Kier alpha value is -2.83. The number of aliphatic carboxylic acids is 1. The van der Waals surface area contributed by atoms with Crippen molar-refractivity contribution < 1.29 is 14.7 Å². The van der Waals surface area contributed by atoms with Crippen molar-refractivity contribution in [1.29, 1.82) is 0 Å². The number of aromatic nitrogens is 2. The maximum absolute atomic E-state index is 12.2. The molecule has 0 aliphatic carbocycles. The molecular formula is C14H16N4O3. The van der Waals surface area contributed by atoms with Crippen molar-refractivity contribution in [2.45, 2.75) is 19.4 Å². The van der Waals surface area contributed by atoms with Gasteiger partial charge in [0.25, 0.3) is 5.91 Å². The van der Waals surface area contributed by atoms with Crippen molar-refractivity contribution in [2.24, 2.45) is 0 Å². The molecule has 0 aliphatic heterocycles. The molecule has 5 N–H and O–H groups in total. The van der Waals surface area contributed by atoms with E-state index >= 15 is 0 Å². The van der Waals surface area contributed by atoms with Crippen LogP contribution in [0.5, 0.6) is 0 Å². The van der Waals surface area contributed by atoms with Gasteiger partial charge in [0.2, 0.25) is 0 Å². The lowest BCUT2D eigenvalue weighted by atomic mass is 10.1. The zero-order valence-corrected chi connectivity index (χ0v) is 11.5. The molecule has 1 amide bonds. The maximum Gasteiger partial charge on any atom is 0.326 e. The molecule has 1 atom stereocenters. The zero-order valence-electron chi connectivity index (χ0n) is 11.5. The van der Waals surface area contributed by atoms with Gasteiger partial charge in [-0.15, -0.1) is 0 Å². The second kappa shape index (κ2) is 6.08. The average molecular weight is 288 g/mol. The van der Waals surface area contributed by atoms with Crippen LogP contribution in [-0.4, -0.2) is 33.0 Å². The Kier molecular flexibility index (Phi) is 4.22. The lowest BCUT2D eigenvalue weighted by Gasteiger charge is -2.15. The number of nitrogens with two attached hydrogens (primary N) is 1. The molecule has 1 heterocycles.